The van der Waals surface area contributed by atoms with Gasteiger partial charge in [0.1, 0.15) is 0 Å². The molecule has 2 unspecified atom stereocenters. The molecule has 1 fully saturated rings. The van der Waals surface area contributed by atoms with Gasteiger partial charge < -0.3 is 20.8 Å². The van der Waals surface area contributed by atoms with Gasteiger partial charge in [0.25, 0.3) is 0 Å². The van der Waals surface area contributed by atoms with Crippen molar-refractivity contribution < 1.29 is 19.8 Å². The van der Waals surface area contributed by atoms with Gasteiger partial charge >= 0.3 is 5.97 Å². The van der Waals surface area contributed by atoms with E-state index in [1.54, 1.807) is 19.1 Å². The fourth-order valence-electron chi connectivity index (χ4n) is 2.08. The monoisotopic (exact) mass is 264 g/mol. The number of nitrogens with one attached hydrogen (secondary N) is 2. The molecule has 4 N–H and O–H groups in total. The summed E-state index contributed by atoms with van der Waals surface area (Å²) < 4.78 is 0. The Labute approximate surface area is 110 Å². The summed E-state index contributed by atoms with van der Waals surface area (Å²) in [5.41, 5.74) is 1.14. The lowest BCUT2D eigenvalue weighted by Crippen LogP contribution is -2.35. The number of hydrogen-bond acceptors (Lipinski definition) is 4. The number of aryl methyl sites for hydroxylation is 1. The predicted molar refractivity (Wildman–Crippen MR) is 69.2 cm³/mol. The van der Waals surface area contributed by atoms with Gasteiger partial charge in [0, 0.05) is 6.54 Å². The van der Waals surface area contributed by atoms with Crippen LogP contribution in [0.15, 0.2) is 18.2 Å². The Bertz CT molecular complexity index is 515. The highest BCUT2D eigenvalue weighted by Crippen LogP contribution is 2.18. The smallest absolute Gasteiger partial charge is 0.337 e. The molecule has 1 amide bonds. The number of β-amino-alcohol motifs (C(OH)–C–C–N with tert-alkyl or cyclic N) is 1. The Hall–Kier alpha value is -1.92. The van der Waals surface area contributed by atoms with Gasteiger partial charge in [0.2, 0.25) is 5.91 Å². The first-order chi connectivity index (χ1) is 8.97. The highest BCUT2D eigenvalue weighted by atomic mass is 16.4. The van der Waals surface area contributed by atoms with Crippen molar-refractivity contribution in [1.29, 1.82) is 0 Å². The molecule has 102 valence electrons. The van der Waals surface area contributed by atoms with E-state index in [0.717, 1.165) is 5.56 Å². The lowest BCUT2D eigenvalue weighted by atomic mass is 10.1. The maximum atomic E-state index is 11.9. The van der Waals surface area contributed by atoms with Crippen molar-refractivity contribution in [1.82, 2.24) is 5.32 Å². The van der Waals surface area contributed by atoms with Crippen LogP contribution in [0.1, 0.15) is 22.3 Å². The molecule has 1 saturated heterocycles. The molecule has 0 radical (unpaired) electrons. The van der Waals surface area contributed by atoms with E-state index in [1.165, 1.54) is 6.07 Å². The van der Waals surface area contributed by atoms with Crippen LogP contribution < -0.4 is 10.6 Å². The van der Waals surface area contributed by atoms with Gasteiger partial charge in [0.05, 0.1) is 23.4 Å². The third-order valence-electron chi connectivity index (χ3n) is 3.09. The van der Waals surface area contributed by atoms with Crippen LogP contribution in [0, 0.1) is 6.92 Å². The van der Waals surface area contributed by atoms with Gasteiger partial charge in [-0.2, -0.15) is 0 Å². The van der Waals surface area contributed by atoms with Crippen molar-refractivity contribution in [2.24, 2.45) is 0 Å². The lowest BCUT2D eigenvalue weighted by Gasteiger charge is -2.13. The molecule has 0 aromatic heterocycles. The standard InChI is InChI=1S/C13H16N2O4/c1-7-2-3-10(9(4-7)13(18)19)15-12(17)11-5-8(16)6-14-11/h2-4,8,11,14,16H,5-6H2,1H3,(H,15,17)(H,18,19). The van der Waals surface area contributed by atoms with Crippen molar-refractivity contribution in [3.63, 3.8) is 0 Å². The fourth-order valence-corrected chi connectivity index (χ4v) is 2.08. The minimum Gasteiger partial charge on any atom is -0.478 e. The second-order valence-electron chi connectivity index (χ2n) is 4.69. The summed E-state index contributed by atoms with van der Waals surface area (Å²) in [6.07, 6.45) is -0.201. The summed E-state index contributed by atoms with van der Waals surface area (Å²) in [6.45, 7) is 2.16. The zero-order valence-electron chi connectivity index (χ0n) is 10.5. The zero-order chi connectivity index (χ0) is 14.0. The van der Waals surface area contributed by atoms with E-state index in [-0.39, 0.29) is 17.2 Å². The average Bonchev–Trinajstić information content (AvgIpc) is 2.78. The average molecular weight is 264 g/mol. The summed E-state index contributed by atoms with van der Waals surface area (Å²) in [4.78, 5) is 23.1. The quantitative estimate of drug-likeness (QED) is 0.631. The molecule has 1 aliphatic heterocycles. The largest absolute Gasteiger partial charge is 0.478 e. The Morgan fingerprint density at radius 3 is 2.74 bits per heavy atom. The third-order valence-corrected chi connectivity index (χ3v) is 3.09. The van der Waals surface area contributed by atoms with Crippen molar-refractivity contribution in [2.75, 3.05) is 11.9 Å². The number of hydrogen-bond donors (Lipinski definition) is 4. The van der Waals surface area contributed by atoms with Gasteiger partial charge in [-0.25, -0.2) is 4.79 Å². The van der Waals surface area contributed by atoms with Gasteiger partial charge in [-0.3, -0.25) is 4.79 Å². The highest BCUT2D eigenvalue weighted by molar-refractivity contribution is 6.02. The number of aromatic carboxylic acids is 1. The number of carboxylic acids is 1. The summed E-state index contributed by atoms with van der Waals surface area (Å²) in [6, 6.07) is 4.33. The van der Waals surface area contributed by atoms with Crippen molar-refractivity contribution in [2.45, 2.75) is 25.5 Å². The number of carbonyl (C=O) groups excluding carboxylic acids is 1. The van der Waals surface area contributed by atoms with Crippen LogP contribution in [-0.2, 0) is 4.79 Å². The van der Waals surface area contributed by atoms with E-state index in [1.807, 2.05) is 0 Å². The normalized spacial score (nSPS) is 22.2. The van der Waals surface area contributed by atoms with Crippen LogP contribution in [0.5, 0.6) is 0 Å². The van der Waals surface area contributed by atoms with E-state index in [9.17, 15) is 14.7 Å². The van der Waals surface area contributed by atoms with E-state index >= 15 is 0 Å². The van der Waals surface area contributed by atoms with Gasteiger partial charge in [-0.1, -0.05) is 11.6 Å². The number of amides is 1. The molecule has 19 heavy (non-hydrogen) atoms. The van der Waals surface area contributed by atoms with Gasteiger partial charge in [-0.15, -0.1) is 0 Å². The summed E-state index contributed by atoms with van der Waals surface area (Å²) in [7, 11) is 0. The van der Waals surface area contributed by atoms with Gasteiger partial charge in [0.15, 0.2) is 0 Å². The van der Waals surface area contributed by atoms with Crippen molar-refractivity contribution in [3.8, 4) is 0 Å². The Morgan fingerprint density at radius 1 is 1.42 bits per heavy atom. The SMILES string of the molecule is Cc1ccc(NC(=O)C2CC(O)CN2)c(C(=O)O)c1. The number of benzene rings is 1. The molecule has 1 aliphatic rings. The number of rotatable bonds is 3. The minimum atomic E-state index is -1.08. The molecule has 6 heteroatoms. The van der Waals surface area contributed by atoms with Gasteiger partial charge in [-0.05, 0) is 25.5 Å². The molecule has 2 atom stereocenters. The van der Waals surface area contributed by atoms with Crippen LogP contribution in [-0.4, -0.2) is 40.8 Å². The topological polar surface area (TPSA) is 98.7 Å². The van der Waals surface area contributed by atoms with Crippen LogP contribution >= 0.6 is 0 Å². The number of aliphatic hydroxyl groups excluding tert-OH is 1. The lowest BCUT2D eigenvalue weighted by molar-refractivity contribution is -0.117. The van der Waals surface area contributed by atoms with Crippen molar-refractivity contribution in [3.05, 3.63) is 29.3 Å². The molecule has 0 bridgehead atoms. The third kappa shape index (κ3) is 3.10. The first-order valence-electron chi connectivity index (χ1n) is 6.03. The Morgan fingerprint density at radius 2 is 2.16 bits per heavy atom. The zero-order valence-corrected chi connectivity index (χ0v) is 10.5. The molecule has 0 saturated carbocycles. The first kappa shape index (κ1) is 13.5. The maximum absolute atomic E-state index is 11.9. The fraction of sp³-hybridized carbons (Fsp3) is 0.385. The molecule has 1 heterocycles. The second kappa shape index (κ2) is 5.38. The second-order valence-corrected chi connectivity index (χ2v) is 4.69. The maximum Gasteiger partial charge on any atom is 0.337 e. The summed E-state index contributed by atoms with van der Waals surface area (Å²) in [5, 5.41) is 23.9. The number of anilines is 1. The number of carbonyl (C=O) groups is 2. The predicted octanol–water partition coefficient (Wildman–Crippen LogP) is 0.355. The molecule has 0 spiro atoms. The van der Waals surface area contributed by atoms with Crippen LogP contribution in [0.3, 0.4) is 0 Å². The van der Waals surface area contributed by atoms with E-state index in [2.05, 4.69) is 10.6 Å². The summed E-state index contributed by atoms with van der Waals surface area (Å²) >= 11 is 0. The highest BCUT2D eigenvalue weighted by Gasteiger charge is 2.28. The van der Waals surface area contributed by atoms with E-state index < -0.39 is 18.1 Å². The van der Waals surface area contributed by atoms with Crippen LogP contribution in [0.2, 0.25) is 0 Å². The van der Waals surface area contributed by atoms with Crippen LogP contribution in [0.25, 0.3) is 0 Å². The Kier molecular flexibility index (Phi) is 3.82. The molecule has 2 rings (SSSR count). The molecule has 1 aromatic carbocycles. The number of carboxylic acid groups (broad SMARTS) is 1. The molecular formula is C13H16N2O4. The van der Waals surface area contributed by atoms with E-state index in [0.29, 0.717) is 13.0 Å². The summed E-state index contributed by atoms with van der Waals surface area (Å²) in [5.74, 6) is -1.42. The van der Waals surface area contributed by atoms with Crippen molar-refractivity contribution >= 4 is 17.6 Å². The van der Waals surface area contributed by atoms with E-state index in [4.69, 9.17) is 5.11 Å². The van der Waals surface area contributed by atoms with Crippen LogP contribution in [0.4, 0.5) is 5.69 Å². The Balaban J connectivity index is 2.14. The molecule has 1 aromatic rings. The number of aliphatic hydroxyl groups is 1. The molecule has 0 aliphatic carbocycles. The minimum absolute atomic E-state index is 0.0619. The molecular weight excluding hydrogens is 248 g/mol. The molecule has 6 nitrogen and oxygen atoms in total. The first-order valence-corrected chi connectivity index (χ1v) is 6.03.